The number of benzene rings is 1. The molecule has 188 valence electrons. The summed E-state index contributed by atoms with van der Waals surface area (Å²) < 4.78 is 46.2. The molecule has 4 rings (SSSR count). The van der Waals surface area contributed by atoms with Crippen molar-refractivity contribution >= 4 is 11.6 Å². The number of aryl methyl sites for hydroxylation is 1. The maximum Gasteiger partial charge on any atom is 0.227 e. The van der Waals surface area contributed by atoms with E-state index in [1.54, 1.807) is 6.20 Å². The van der Waals surface area contributed by atoms with Gasteiger partial charge in [-0.05, 0) is 25.2 Å². The van der Waals surface area contributed by atoms with Gasteiger partial charge in [-0.2, -0.15) is 5.10 Å². The standard InChI is InChI=1S/C23H29F2N7O3/c1-33-19-9-20(34-2)22(25)18(21(19)24)14-35-17-11-27-23(28-12-17)30-16-10-29-32(13-16)8-5-15-3-6-31(26)7-4-15/h9-13,15H,3-8,14,26H2,1-2H3,(H,27,28,30). The summed E-state index contributed by atoms with van der Waals surface area (Å²) in [6, 6.07) is 1.14. The van der Waals surface area contributed by atoms with Gasteiger partial charge in [0.25, 0.3) is 0 Å². The monoisotopic (exact) mass is 489 g/mol. The van der Waals surface area contributed by atoms with Gasteiger partial charge >= 0.3 is 0 Å². The zero-order valence-corrected chi connectivity index (χ0v) is 19.7. The van der Waals surface area contributed by atoms with Crippen LogP contribution in [0.2, 0.25) is 0 Å². The van der Waals surface area contributed by atoms with Gasteiger partial charge in [-0.15, -0.1) is 0 Å². The first-order valence-corrected chi connectivity index (χ1v) is 11.3. The molecule has 35 heavy (non-hydrogen) atoms. The highest BCUT2D eigenvalue weighted by molar-refractivity contribution is 5.50. The van der Waals surface area contributed by atoms with Crippen LogP contribution in [-0.2, 0) is 13.2 Å². The zero-order chi connectivity index (χ0) is 24.8. The molecule has 10 nitrogen and oxygen atoms in total. The Hall–Kier alpha value is -3.51. The molecule has 0 amide bonds. The van der Waals surface area contributed by atoms with Crippen LogP contribution in [0.15, 0.2) is 30.9 Å². The van der Waals surface area contributed by atoms with Crippen LogP contribution in [0.4, 0.5) is 20.4 Å². The first kappa shape index (κ1) is 24.6. The van der Waals surface area contributed by atoms with Crippen molar-refractivity contribution < 1.29 is 23.0 Å². The molecule has 1 aromatic carbocycles. The highest BCUT2D eigenvalue weighted by atomic mass is 19.1. The molecule has 1 saturated heterocycles. The molecule has 1 aliphatic rings. The van der Waals surface area contributed by atoms with Gasteiger partial charge in [0.05, 0.1) is 44.1 Å². The molecular formula is C23H29F2N7O3. The minimum atomic E-state index is -0.855. The van der Waals surface area contributed by atoms with Crippen molar-refractivity contribution in [3.63, 3.8) is 0 Å². The van der Waals surface area contributed by atoms with E-state index < -0.39 is 18.2 Å². The molecule has 3 N–H and O–H groups in total. The fraction of sp³-hybridized carbons (Fsp3) is 0.435. The van der Waals surface area contributed by atoms with E-state index in [9.17, 15) is 8.78 Å². The summed E-state index contributed by atoms with van der Waals surface area (Å²) in [6.45, 7) is 2.31. The van der Waals surface area contributed by atoms with E-state index in [0.717, 1.165) is 50.7 Å². The van der Waals surface area contributed by atoms with Gasteiger partial charge in [0.15, 0.2) is 28.9 Å². The Morgan fingerprint density at radius 1 is 1.06 bits per heavy atom. The van der Waals surface area contributed by atoms with Crippen molar-refractivity contribution in [3.8, 4) is 17.2 Å². The van der Waals surface area contributed by atoms with Crippen LogP contribution < -0.4 is 25.4 Å². The Morgan fingerprint density at radius 3 is 2.34 bits per heavy atom. The largest absolute Gasteiger partial charge is 0.494 e. The highest BCUT2D eigenvalue weighted by Gasteiger charge is 2.21. The number of piperidine rings is 1. The number of nitrogens with one attached hydrogen (secondary N) is 1. The Balaban J connectivity index is 1.31. The van der Waals surface area contributed by atoms with Crippen LogP contribution in [-0.4, -0.2) is 52.1 Å². The number of hydrazine groups is 1. The second-order valence-electron chi connectivity index (χ2n) is 8.30. The lowest BCUT2D eigenvalue weighted by atomic mass is 9.94. The molecule has 0 spiro atoms. The smallest absolute Gasteiger partial charge is 0.227 e. The quantitative estimate of drug-likeness (QED) is 0.414. The molecule has 0 atom stereocenters. The second kappa shape index (κ2) is 11.3. The fourth-order valence-corrected chi connectivity index (χ4v) is 3.91. The van der Waals surface area contributed by atoms with E-state index >= 15 is 0 Å². The molecule has 3 aromatic rings. The van der Waals surface area contributed by atoms with Crippen LogP contribution in [0.3, 0.4) is 0 Å². The van der Waals surface area contributed by atoms with E-state index in [2.05, 4.69) is 20.4 Å². The van der Waals surface area contributed by atoms with E-state index in [4.69, 9.17) is 20.1 Å². The lowest BCUT2D eigenvalue weighted by Crippen LogP contribution is -2.39. The van der Waals surface area contributed by atoms with Crippen LogP contribution in [0.5, 0.6) is 17.2 Å². The second-order valence-corrected chi connectivity index (χ2v) is 8.30. The van der Waals surface area contributed by atoms with Gasteiger partial charge in [-0.25, -0.2) is 23.8 Å². The molecule has 0 aliphatic carbocycles. The number of hydrogen-bond acceptors (Lipinski definition) is 9. The Morgan fingerprint density at radius 2 is 1.71 bits per heavy atom. The summed E-state index contributed by atoms with van der Waals surface area (Å²) in [4.78, 5) is 8.39. The number of nitrogens with two attached hydrogens (primary N) is 1. The van der Waals surface area contributed by atoms with Crippen LogP contribution in [0.1, 0.15) is 24.8 Å². The molecule has 0 bridgehead atoms. The number of hydrogen-bond donors (Lipinski definition) is 2. The SMILES string of the molecule is COc1cc(OC)c(F)c(COc2cnc(Nc3cnn(CCC4CCN(N)CC4)c3)nc2)c1F. The lowest BCUT2D eigenvalue weighted by Gasteiger charge is -2.28. The molecule has 0 unspecified atom stereocenters. The van der Waals surface area contributed by atoms with Gasteiger partial charge in [0.2, 0.25) is 5.95 Å². The number of anilines is 2. The highest BCUT2D eigenvalue weighted by Crippen LogP contribution is 2.32. The number of methoxy groups -OCH3 is 2. The molecule has 1 fully saturated rings. The molecular weight excluding hydrogens is 460 g/mol. The minimum absolute atomic E-state index is 0.140. The van der Waals surface area contributed by atoms with E-state index in [1.807, 2.05) is 15.9 Å². The first-order valence-electron chi connectivity index (χ1n) is 11.3. The predicted octanol–water partition coefficient (Wildman–Crippen LogP) is 3.27. The molecule has 3 heterocycles. The third-order valence-corrected chi connectivity index (χ3v) is 5.98. The van der Waals surface area contributed by atoms with Crippen molar-refractivity contribution in [2.75, 3.05) is 32.6 Å². The van der Waals surface area contributed by atoms with Crippen molar-refractivity contribution in [3.05, 3.63) is 48.1 Å². The molecule has 0 saturated carbocycles. The summed E-state index contributed by atoms with van der Waals surface area (Å²) in [5.41, 5.74) is 0.437. The van der Waals surface area contributed by atoms with Gasteiger partial charge in [0, 0.05) is 31.9 Å². The molecule has 2 aromatic heterocycles. The van der Waals surface area contributed by atoms with Gasteiger partial charge in [-0.1, -0.05) is 0 Å². The first-order chi connectivity index (χ1) is 17.0. The number of rotatable bonds is 10. The fourth-order valence-electron chi connectivity index (χ4n) is 3.91. The van der Waals surface area contributed by atoms with E-state index in [-0.39, 0.29) is 22.8 Å². The number of aromatic nitrogens is 4. The Kier molecular flexibility index (Phi) is 7.93. The third kappa shape index (κ3) is 6.14. The minimum Gasteiger partial charge on any atom is -0.494 e. The van der Waals surface area contributed by atoms with Crippen molar-refractivity contribution in [2.45, 2.75) is 32.4 Å². The molecule has 12 heteroatoms. The number of nitrogens with zero attached hydrogens (tertiary/aromatic N) is 5. The summed E-state index contributed by atoms with van der Waals surface area (Å²) in [5, 5.41) is 9.33. The average Bonchev–Trinajstić information content (AvgIpc) is 3.32. The lowest BCUT2D eigenvalue weighted by molar-refractivity contribution is 0.178. The van der Waals surface area contributed by atoms with Crippen LogP contribution >= 0.6 is 0 Å². The maximum atomic E-state index is 14.5. The van der Waals surface area contributed by atoms with Crippen molar-refractivity contribution in [1.82, 2.24) is 24.8 Å². The van der Waals surface area contributed by atoms with E-state index in [1.165, 1.54) is 26.6 Å². The zero-order valence-electron chi connectivity index (χ0n) is 19.7. The summed E-state index contributed by atoms with van der Waals surface area (Å²) in [6.07, 6.45) is 9.70. The summed E-state index contributed by atoms with van der Waals surface area (Å²) >= 11 is 0. The Labute approximate surface area is 202 Å². The van der Waals surface area contributed by atoms with Crippen molar-refractivity contribution in [2.24, 2.45) is 11.8 Å². The third-order valence-electron chi connectivity index (χ3n) is 5.98. The van der Waals surface area contributed by atoms with Gasteiger partial charge in [-0.3, -0.25) is 10.5 Å². The normalized spacial score (nSPS) is 14.7. The number of ether oxygens (including phenoxy) is 3. The van der Waals surface area contributed by atoms with Gasteiger partial charge in [0.1, 0.15) is 6.61 Å². The molecule has 0 radical (unpaired) electrons. The summed E-state index contributed by atoms with van der Waals surface area (Å²) in [5.74, 6) is 5.07. The molecule has 1 aliphatic heterocycles. The maximum absolute atomic E-state index is 14.5. The van der Waals surface area contributed by atoms with Crippen LogP contribution in [0.25, 0.3) is 0 Å². The predicted molar refractivity (Wildman–Crippen MR) is 124 cm³/mol. The number of halogens is 2. The average molecular weight is 490 g/mol. The van der Waals surface area contributed by atoms with E-state index in [0.29, 0.717) is 11.9 Å². The van der Waals surface area contributed by atoms with Crippen LogP contribution in [0, 0.1) is 17.6 Å². The van der Waals surface area contributed by atoms with Crippen molar-refractivity contribution in [1.29, 1.82) is 0 Å². The van der Waals surface area contributed by atoms with Gasteiger partial charge < -0.3 is 19.5 Å². The Bertz CT molecular complexity index is 1090. The topological polar surface area (TPSA) is 113 Å². The summed E-state index contributed by atoms with van der Waals surface area (Å²) in [7, 11) is 2.57.